The van der Waals surface area contributed by atoms with Crippen LogP contribution in [0.25, 0.3) is 0 Å². The van der Waals surface area contributed by atoms with E-state index in [0.29, 0.717) is 32.2 Å². The Morgan fingerprint density at radius 1 is 1.50 bits per heavy atom. The van der Waals surface area contributed by atoms with E-state index in [9.17, 15) is 13.2 Å². The molecule has 2 saturated heterocycles. The SMILES string of the molecule is NC(=O)C1(CCc2ccccn2)CCC2CN1CN2OS(=O)(=O)O. The fourth-order valence-electron chi connectivity index (χ4n) is 3.57. The molecule has 0 aromatic carbocycles. The quantitative estimate of drug-likeness (QED) is 0.666. The molecule has 3 unspecified atom stereocenters. The molecule has 9 nitrogen and oxygen atoms in total. The molecule has 2 aliphatic heterocycles. The summed E-state index contributed by atoms with van der Waals surface area (Å²) in [6, 6.07) is 5.39. The van der Waals surface area contributed by atoms with Crippen molar-refractivity contribution < 1.29 is 22.0 Å². The first-order chi connectivity index (χ1) is 11.3. The number of piperidine rings is 1. The number of rotatable bonds is 6. The normalized spacial score (nSPS) is 30.4. The number of carbonyl (C=O) groups excluding carboxylic acids is 1. The van der Waals surface area contributed by atoms with Crippen molar-refractivity contribution in [2.75, 3.05) is 13.2 Å². The Morgan fingerprint density at radius 3 is 2.92 bits per heavy atom. The maximum atomic E-state index is 12.2. The number of aryl methyl sites for hydroxylation is 1. The van der Waals surface area contributed by atoms with Crippen LogP contribution in [0, 0.1) is 0 Å². The number of primary amides is 1. The fraction of sp³-hybridized carbons (Fsp3) is 0.571. The van der Waals surface area contributed by atoms with Crippen LogP contribution in [0.4, 0.5) is 0 Å². The van der Waals surface area contributed by atoms with Gasteiger partial charge >= 0.3 is 10.4 Å². The molecule has 0 aliphatic carbocycles. The van der Waals surface area contributed by atoms with Gasteiger partial charge in [-0.1, -0.05) is 6.07 Å². The van der Waals surface area contributed by atoms with Gasteiger partial charge in [0.15, 0.2) is 0 Å². The highest BCUT2D eigenvalue weighted by molar-refractivity contribution is 7.80. The number of fused-ring (bicyclic) bond motifs is 2. The minimum Gasteiger partial charge on any atom is -0.368 e. The van der Waals surface area contributed by atoms with Gasteiger partial charge < -0.3 is 5.73 Å². The van der Waals surface area contributed by atoms with Crippen LogP contribution < -0.4 is 5.73 Å². The van der Waals surface area contributed by atoms with Crippen LogP contribution in [0.2, 0.25) is 0 Å². The van der Waals surface area contributed by atoms with E-state index in [-0.39, 0.29) is 12.7 Å². The second kappa shape index (κ2) is 6.37. The van der Waals surface area contributed by atoms with Crippen LogP contribution in [0.5, 0.6) is 0 Å². The minimum absolute atomic E-state index is 0.0929. The highest BCUT2D eigenvalue weighted by atomic mass is 32.3. The Kier molecular flexibility index (Phi) is 4.58. The van der Waals surface area contributed by atoms with Crippen molar-refractivity contribution in [2.24, 2.45) is 5.73 Å². The third-order valence-corrected chi connectivity index (χ3v) is 5.19. The standard InChI is InChI=1S/C14H20N4O5S/c15-13(19)14(6-4-11-3-1-2-8-16-11)7-5-12-9-17(14)10-18(12)23-24(20,21)22/h1-3,8,12H,4-7,9-10H2,(H2,15,19)(H,20,21,22). The third kappa shape index (κ3) is 3.42. The summed E-state index contributed by atoms with van der Waals surface area (Å²) in [4.78, 5) is 18.3. The molecule has 2 aliphatic rings. The number of aromatic nitrogens is 1. The summed E-state index contributed by atoms with van der Waals surface area (Å²) in [7, 11) is -4.59. The molecule has 2 bridgehead atoms. The van der Waals surface area contributed by atoms with E-state index in [2.05, 4.69) is 9.27 Å². The van der Waals surface area contributed by atoms with Gasteiger partial charge in [-0.2, -0.15) is 17.8 Å². The number of hydroxylamine groups is 2. The zero-order valence-corrected chi connectivity index (χ0v) is 13.9. The first-order valence-electron chi connectivity index (χ1n) is 7.69. The predicted octanol–water partition coefficient (Wildman–Crippen LogP) is -0.290. The highest BCUT2D eigenvalue weighted by Gasteiger charge is 2.52. The Bertz CT molecular complexity index is 713. The van der Waals surface area contributed by atoms with Crippen molar-refractivity contribution in [2.45, 2.75) is 37.3 Å². The smallest absolute Gasteiger partial charge is 0.368 e. The molecule has 3 atom stereocenters. The van der Waals surface area contributed by atoms with Crippen LogP contribution in [-0.2, 0) is 25.9 Å². The molecule has 1 aromatic rings. The molecule has 2 fully saturated rings. The van der Waals surface area contributed by atoms with Crippen molar-refractivity contribution in [1.82, 2.24) is 14.9 Å². The van der Waals surface area contributed by atoms with Gasteiger partial charge in [0.25, 0.3) is 0 Å². The van der Waals surface area contributed by atoms with E-state index < -0.39 is 21.8 Å². The van der Waals surface area contributed by atoms with E-state index in [0.717, 1.165) is 5.69 Å². The van der Waals surface area contributed by atoms with Crippen LogP contribution >= 0.6 is 0 Å². The van der Waals surface area contributed by atoms with Crippen LogP contribution in [0.15, 0.2) is 24.4 Å². The van der Waals surface area contributed by atoms with Crippen LogP contribution in [0.3, 0.4) is 0 Å². The average molecular weight is 356 g/mol. The first-order valence-corrected chi connectivity index (χ1v) is 9.05. The molecule has 1 aromatic heterocycles. The van der Waals surface area contributed by atoms with Crippen molar-refractivity contribution in [3.05, 3.63) is 30.1 Å². The molecule has 0 radical (unpaired) electrons. The zero-order chi connectivity index (χ0) is 17.4. The summed E-state index contributed by atoms with van der Waals surface area (Å²) in [6.07, 6.45) is 3.83. The van der Waals surface area contributed by atoms with Crippen molar-refractivity contribution in [1.29, 1.82) is 0 Å². The monoisotopic (exact) mass is 356 g/mol. The number of hydrogen-bond donors (Lipinski definition) is 2. The first kappa shape index (κ1) is 17.2. The van der Waals surface area contributed by atoms with Gasteiger partial charge in [0.1, 0.15) is 5.54 Å². The molecule has 0 saturated carbocycles. The number of amides is 1. The fourth-order valence-corrected chi connectivity index (χ4v) is 3.98. The van der Waals surface area contributed by atoms with E-state index in [1.807, 2.05) is 23.1 Å². The van der Waals surface area contributed by atoms with Crippen molar-refractivity contribution >= 4 is 16.3 Å². The number of nitrogens with two attached hydrogens (primary N) is 1. The average Bonchev–Trinajstić information content (AvgIpc) is 2.84. The molecule has 24 heavy (non-hydrogen) atoms. The van der Waals surface area contributed by atoms with E-state index in [1.165, 1.54) is 5.06 Å². The lowest BCUT2D eigenvalue weighted by atomic mass is 9.81. The number of pyridine rings is 1. The number of hydrogen-bond acceptors (Lipinski definition) is 7. The van der Waals surface area contributed by atoms with Gasteiger partial charge in [-0.3, -0.25) is 19.2 Å². The van der Waals surface area contributed by atoms with Crippen LogP contribution in [-0.4, -0.2) is 58.6 Å². The minimum atomic E-state index is -4.59. The second-order valence-electron chi connectivity index (χ2n) is 6.19. The van der Waals surface area contributed by atoms with Gasteiger partial charge in [-0.15, -0.1) is 0 Å². The van der Waals surface area contributed by atoms with E-state index in [4.69, 9.17) is 10.3 Å². The van der Waals surface area contributed by atoms with Crippen molar-refractivity contribution in [3.63, 3.8) is 0 Å². The topological polar surface area (TPSA) is 126 Å². The lowest BCUT2D eigenvalue weighted by Crippen LogP contribution is -2.59. The number of nitrogens with zero attached hydrogens (tertiary/aromatic N) is 3. The Labute approximate surface area is 140 Å². The lowest BCUT2D eigenvalue weighted by molar-refractivity contribution is -0.132. The summed E-state index contributed by atoms with van der Waals surface area (Å²) in [5.41, 5.74) is 5.69. The Balaban J connectivity index is 1.76. The maximum Gasteiger partial charge on any atom is 0.413 e. The van der Waals surface area contributed by atoms with E-state index >= 15 is 0 Å². The highest BCUT2D eigenvalue weighted by Crippen LogP contribution is 2.38. The van der Waals surface area contributed by atoms with Crippen LogP contribution in [0.1, 0.15) is 25.0 Å². The maximum absolute atomic E-state index is 12.2. The molecule has 3 N–H and O–H groups in total. The molecule has 0 spiro atoms. The predicted molar refractivity (Wildman–Crippen MR) is 83.6 cm³/mol. The lowest BCUT2D eigenvalue weighted by Gasteiger charge is -2.41. The van der Waals surface area contributed by atoms with Gasteiger partial charge in [-0.25, -0.2) is 0 Å². The molecular weight excluding hydrogens is 336 g/mol. The van der Waals surface area contributed by atoms with Gasteiger partial charge in [0, 0.05) is 18.4 Å². The third-order valence-electron chi connectivity index (χ3n) is 4.81. The molecule has 132 valence electrons. The number of carbonyl (C=O) groups is 1. The van der Waals surface area contributed by atoms with Crippen molar-refractivity contribution in [3.8, 4) is 0 Å². The summed E-state index contributed by atoms with van der Waals surface area (Å²) in [6.45, 7) is 0.552. The molecular formula is C14H20N4O5S. The Hall–Kier alpha value is -1.59. The van der Waals surface area contributed by atoms with Gasteiger partial charge in [0.05, 0.1) is 12.7 Å². The summed E-state index contributed by atoms with van der Waals surface area (Å²) >= 11 is 0. The molecule has 1 amide bonds. The molecule has 3 heterocycles. The zero-order valence-electron chi connectivity index (χ0n) is 13.0. The molecule has 3 rings (SSSR count). The summed E-state index contributed by atoms with van der Waals surface area (Å²) in [5, 5.41) is 1.20. The summed E-state index contributed by atoms with van der Waals surface area (Å²) < 4.78 is 35.4. The molecule has 10 heteroatoms. The van der Waals surface area contributed by atoms with Gasteiger partial charge in [0.2, 0.25) is 5.91 Å². The second-order valence-corrected chi connectivity index (χ2v) is 7.20. The van der Waals surface area contributed by atoms with Gasteiger partial charge in [-0.05, 0) is 37.8 Å². The summed E-state index contributed by atoms with van der Waals surface area (Å²) in [5.74, 6) is -0.439. The van der Waals surface area contributed by atoms with E-state index in [1.54, 1.807) is 6.20 Å². The Morgan fingerprint density at radius 2 is 2.29 bits per heavy atom. The largest absolute Gasteiger partial charge is 0.413 e.